The second kappa shape index (κ2) is 9.65. The average molecular weight is 527 g/mol. The predicted octanol–water partition coefficient (Wildman–Crippen LogP) is 1.76. The summed E-state index contributed by atoms with van der Waals surface area (Å²) in [4.78, 5) is 0. The van der Waals surface area contributed by atoms with E-state index < -0.39 is 21.3 Å². The standard InChI is InChI=1S/2C13H19.CH2.2ClH.Zr/c2*1-10-8-11-6-4-5-7-13(2,3)12(11)9-10;;;;/h2*4-6,8,10,12H,7,9H2,1-3H3;1H2;2*1H;/q;;;;;+2/p-2. The first kappa shape index (κ1) is 26.5. The van der Waals surface area contributed by atoms with Crippen LogP contribution >= 0.6 is 0 Å². The smallest absolute Gasteiger partial charge is 1.00 e. The second-order valence-corrected chi connectivity index (χ2v) is 17.5. The van der Waals surface area contributed by atoms with Gasteiger partial charge in [0, 0.05) is 0 Å². The van der Waals surface area contributed by atoms with Gasteiger partial charge in [-0.1, -0.05) is 0 Å². The molecule has 0 aliphatic heterocycles. The Morgan fingerprint density at radius 3 is 1.50 bits per heavy atom. The number of halogens is 2. The van der Waals surface area contributed by atoms with Crippen LogP contribution in [0.4, 0.5) is 0 Å². The molecular weight excluding hydrogens is 486 g/mol. The van der Waals surface area contributed by atoms with Crippen molar-refractivity contribution in [2.45, 2.75) is 74.5 Å². The molecule has 0 amide bonds. The quantitative estimate of drug-likeness (QED) is 0.515. The summed E-state index contributed by atoms with van der Waals surface area (Å²) in [5.74, 6) is 3.20. The number of rotatable bonds is 2. The Morgan fingerprint density at radius 2 is 1.13 bits per heavy atom. The zero-order valence-electron chi connectivity index (χ0n) is 19.7. The molecule has 6 atom stereocenters. The van der Waals surface area contributed by atoms with E-state index >= 15 is 0 Å². The molecule has 0 bridgehead atoms. The molecule has 0 radical (unpaired) electrons. The molecule has 0 saturated heterocycles. The van der Waals surface area contributed by atoms with E-state index in [2.05, 4.69) is 78.0 Å². The fraction of sp³-hybridized carbons (Fsp3) is 0.667. The van der Waals surface area contributed by atoms with Gasteiger partial charge >= 0.3 is 182 Å². The van der Waals surface area contributed by atoms with Crippen LogP contribution < -0.4 is 24.8 Å². The fourth-order valence-electron chi connectivity index (χ4n) is 7.10. The van der Waals surface area contributed by atoms with E-state index in [9.17, 15) is 0 Å². The molecule has 30 heavy (non-hydrogen) atoms. The van der Waals surface area contributed by atoms with Gasteiger partial charge in [-0.2, -0.15) is 0 Å². The van der Waals surface area contributed by atoms with Crippen LogP contribution in [0.1, 0.15) is 67.2 Å². The number of hydrogen-bond acceptors (Lipinski definition) is 0. The van der Waals surface area contributed by atoms with Crippen LogP contribution in [0.25, 0.3) is 0 Å². The largest absolute Gasteiger partial charge is 1.00 e. The molecule has 0 nitrogen and oxygen atoms in total. The molecule has 0 aromatic heterocycles. The summed E-state index contributed by atoms with van der Waals surface area (Å²) < 4.78 is 6.77. The summed E-state index contributed by atoms with van der Waals surface area (Å²) in [6, 6.07) is 0. The summed E-state index contributed by atoms with van der Waals surface area (Å²) in [6.07, 6.45) is 19.8. The minimum atomic E-state index is -1.93. The van der Waals surface area contributed by atoms with Crippen molar-refractivity contribution in [2.24, 2.45) is 34.5 Å². The summed E-state index contributed by atoms with van der Waals surface area (Å²) in [5.41, 5.74) is 4.41. The maximum absolute atomic E-state index is 5.11. The first-order chi connectivity index (χ1) is 13.1. The van der Waals surface area contributed by atoms with Crippen LogP contribution in [0.5, 0.6) is 0 Å². The van der Waals surface area contributed by atoms with Crippen LogP contribution in [0, 0.1) is 34.5 Å². The van der Waals surface area contributed by atoms with Gasteiger partial charge in [-0.25, -0.2) is 0 Å². The van der Waals surface area contributed by atoms with Crippen LogP contribution in [-0.2, 0) is 21.3 Å². The van der Waals surface area contributed by atoms with Crippen molar-refractivity contribution >= 4 is 4.21 Å². The summed E-state index contributed by atoms with van der Waals surface area (Å²) in [5, 5.41) is 0. The molecule has 0 spiro atoms. The van der Waals surface area contributed by atoms with E-state index in [0.717, 1.165) is 30.9 Å². The maximum Gasteiger partial charge on any atom is -1.00 e. The summed E-state index contributed by atoms with van der Waals surface area (Å²) in [7, 11) is 0. The Bertz CT molecular complexity index is 719. The van der Waals surface area contributed by atoms with Crippen molar-refractivity contribution in [2.75, 3.05) is 0 Å². The average Bonchev–Trinajstić information content (AvgIpc) is 3.03. The minimum Gasteiger partial charge on any atom is -1.00 e. The fourth-order valence-corrected chi connectivity index (χ4v) is 15.9. The minimum absolute atomic E-state index is 0. The molecule has 0 aromatic carbocycles. The molecule has 2 fully saturated rings. The van der Waals surface area contributed by atoms with Gasteiger partial charge in [-0.3, -0.25) is 0 Å². The van der Waals surface area contributed by atoms with E-state index in [1.807, 2.05) is 0 Å². The third kappa shape index (κ3) is 4.52. The van der Waals surface area contributed by atoms with Crippen LogP contribution in [0.3, 0.4) is 0 Å². The van der Waals surface area contributed by atoms with E-state index in [1.54, 1.807) is 11.1 Å². The first-order valence-electron chi connectivity index (χ1n) is 11.6. The molecule has 0 heterocycles. The van der Waals surface area contributed by atoms with Crippen molar-refractivity contribution in [3.05, 3.63) is 47.6 Å². The third-order valence-electron chi connectivity index (χ3n) is 8.70. The SMILES string of the molecule is [CH2]=[Zr+2]([CH]1C2=CC=CCC(C)(C)C2CC1C)[CH]1C2=CC=CCC(C)(C)C2CC1C.[Cl-].[Cl-]. The number of hydrogen-bond donors (Lipinski definition) is 0. The summed E-state index contributed by atoms with van der Waals surface area (Å²) >= 11 is -1.93. The Labute approximate surface area is 205 Å². The Balaban J connectivity index is 0.00000160. The van der Waals surface area contributed by atoms with Crippen LogP contribution in [0.15, 0.2) is 47.6 Å². The molecular formula is C27H40Cl2Zr. The molecule has 0 N–H and O–H groups in total. The van der Waals surface area contributed by atoms with Gasteiger partial charge < -0.3 is 24.8 Å². The molecule has 2 saturated carbocycles. The van der Waals surface area contributed by atoms with Gasteiger partial charge in [0.2, 0.25) is 0 Å². The molecule has 4 aliphatic carbocycles. The Hall–Kier alpha value is 0.293. The van der Waals surface area contributed by atoms with E-state index in [0.29, 0.717) is 10.8 Å². The first-order valence-corrected chi connectivity index (χ1v) is 16.1. The second-order valence-electron chi connectivity index (χ2n) is 11.6. The third-order valence-corrected chi connectivity index (χ3v) is 17.1. The van der Waals surface area contributed by atoms with Crippen LogP contribution in [0.2, 0.25) is 7.25 Å². The molecule has 0 aromatic rings. The molecule has 4 aliphatic rings. The molecule has 4 rings (SSSR count). The maximum atomic E-state index is 5.11. The van der Waals surface area contributed by atoms with Gasteiger partial charge in [-0.05, 0) is 0 Å². The van der Waals surface area contributed by atoms with E-state index in [-0.39, 0.29) is 24.8 Å². The van der Waals surface area contributed by atoms with Crippen molar-refractivity contribution < 1.29 is 46.1 Å². The van der Waals surface area contributed by atoms with E-state index in [4.69, 9.17) is 4.21 Å². The molecule has 166 valence electrons. The number of fused-ring (bicyclic) bond motifs is 2. The number of allylic oxidation sites excluding steroid dienone is 8. The van der Waals surface area contributed by atoms with Crippen molar-refractivity contribution in [3.8, 4) is 0 Å². The molecule has 3 heteroatoms. The summed E-state index contributed by atoms with van der Waals surface area (Å²) in [6.45, 7) is 15.1. The topological polar surface area (TPSA) is 0 Å². The van der Waals surface area contributed by atoms with Crippen molar-refractivity contribution in [3.63, 3.8) is 0 Å². The van der Waals surface area contributed by atoms with E-state index in [1.165, 1.54) is 25.7 Å². The predicted molar refractivity (Wildman–Crippen MR) is 120 cm³/mol. The van der Waals surface area contributed by atoms with Gasteiger partial charge in [0.15, 0.2) is 0 Å². The zero-order chi connectivity index (χ0) is 20.3. The van der Waals surface area contributed by atoms with Crippen LogP contribution in [-0.4, -0.2) is 4.21 Å². The normalized spacial score (nSPS) is 37.8. The van der Waals surface area contributed by atoms with Crippen molar-refractivity contribution in [1.29, 1.82) is 0 Å². The van der Waals surface area contributed by atoms with Gasteiger partial charge in [0.1, 0.15) is 0 Å². The van der Waals surface area contributed by atoms with Gasteiger partial charge in [0.05, 0.1) is 0 Å². The zero-order valence-corrected chi connectivity index (χ0v) is 23.7. The molecule has 6 unspecified atom stereocenters. The monoisotopic (exact) mass is 524 g/mol. The van der Waals surface area contributed by atoms with Crippen molar-refractivity contribution in [1.82, 2.24) is 0 Å². The Morgan fingerprint density at radius 1 is 0.767 bits per heavy atom. The van der Waals surface area contributed by atoms with Gasteiger partial charge in [-0.15, -0.1) is 0 Å². The van der Waals surface area contributed by atoms with Gasteiger partial charge in [0.25, 0.3) is 0 Å². The Kier molecular flexibility index (Phi) is 8.54.